The standard InChI is InChI=1S/C24H26O4/c1-6-15(3)24(13-8-14-24)28-22-17(7-2)23(4,5)27-18-11-9-16-10-12-19(25)26-21(16)20(18)22/h2,6,9-12,17,22H,8,13-14H2,1,3-5H3/b15-6+. The molecule has 2 aliphatic rings. The van der Waals surface area contributed by atoms with Crippen molar-refractivity contribution in [2.24, 2.45) is 5.92 Å². The number of rotatable bonds is 3. The molecule has 1 fully saturated rings. The van der Waals surface area contributed by atoms with Crippen LogP contribution >= 0.6 is 0 Å². The Morgan fingerprint density at radius 3 is 2.61 bits per heavy atom. The summed E-state index contributed by atoms with van der Waals surface area (Å²) in [5.74, 6) is 3.24. The molecule has 4 nitrogen and oxygen atoms in total. The molecular formula is C24H26O4. The molecule has 2 heterocycles. The van der Waals surface area contributed by atoms with Gasteiger partial charge in [-0.3, -0.25) is 0 Å². The summed E-state index contributed by atoms with van der Waals surface area (Å²) in [6.45, 7) is 8.11. The van der Waals surface area contributed by atoms with Crippen LogP contribution in [0.2, 0.25) is 0 Å². The van der Waals surface area contributed by atoms with E-state index in [2.05, 4.69) is 18.9 Å². The van der Waals surface area contributed by atoms with E-state index in [4.69, 9.17) is 20.3 Å². The first-order valence-electron chi connectivity index (χ1n) is 9.84. The molecule has 1 aromatic carbocycles. The largest absolute Gasteiger partial charge is 0.486 e. The molecule has 2 unspecified atom stereocenters. The second-order valence-corrected chi connectivity index (χ2v) is 8.36. The van der Waals surface area contributed by atoms with Crippen LogP contribution in [0.4, 0.5) is 0 Å². The van der Waals surface area contributed by atoms with Gasteiger partial charge in [0.15, 0.2) is 0 Å². The van der Waals surface area contributed by atoms with E-state index in [0.717, 1.165) is 30.2 Å². The molecule has 0 bridgehead atoms. The molecular weight excluding hydrogens is 352 g/mol. The van der Waals surface area contributed by atoms with Gasteiger partial charge in [-0.05, 0) is 70.7 Å². The Kier molecular flexibility index (Phi) is 4.39. The molecule has 146 valence electrons. The van der Waals surface area contributed by atoms with E-state index in [1.54, 1.807) is 6.07 Å². The highest BCUT2D eigenvalue weighted by molar-refractivity contribution is 5.83. The van der Waals surface area contributed by atoms with Gasteiger partial charge in [0, 0.05) is 11.5 Å². The van der Waals surface area contributed by atoms with Crippen molar-refractivity contribution >= 4 is 11.0 Å². The SMILES string of the molecule is C#CC1C(OC2(/C(C)=C/C)CCC2)c2c(ccc3ccc(=O)oc23)OC1(C)C. The fourth-order valence-corrected chi connectivity index (χ4v) is 4.40. The number of terminal acetylenes is 1. The Labute approximate surface area is 165 Å². The van der Waals surface area contributed by atoms with E-state index < -0.39 is 17.3 Å². The van der Waals surface area contributed by atoms with Crippen molar-refractivity contribution in [3.8, 4) is 18.1 Å². The van der Waals surface area contributed by atoms with Crippen LogP contribution in [0, 0.1) is 18.3 Å². The van der Waals surface area contributed by atoms with Crippen LogP contribution in [0.15, 0.2) is 45.1 Å². The molecule has 2 atom stereocenters. The minimum Gasteiger partial charge on any atom is -0.486 e. The summed E-state index contributed by atoms with van der Waals surface area (Å²) in [5, 5.41) is 0.830. The van der Waals surface area contributed by atoms with Crippen LogP contribution in [0.25, 0.3) is 11.0 Å². The lowest BCUT2D eigenvalue weighted by molar-refractivity contribution is -0.158. The van der Waals surface area contributed by atoms with Crippen LogP contribution in [0.5, 0.6) is 5.75 Å². The van der Waals surface area contributed by atoms with Crippen LogP contribution < -0.4 is 10.4 Å². The van der Waals surface area contributed by atoms with Gasteiger partial charge >= 0.3 is 5.63 Å². The maximum Gasteiger partial charge on any atom is 0.336 e. The molecule has 1 saturated carbocycles. The van der Waals surface area contributed by atoms with Crippen molar-refractivity contribution in [3.63, 3.8) is 0 Å². The number of fused-ring (bicyclic) bond motifs is 3. The molecule has 1 aliphatic heterocycles. The third-order valence-corrected chi connectivity index (χ3v) is 6.34. The first kappa shape index (κ1) is 18.8. The van der Waals surface area contributed by atoms with E-state index in [0.29, 0.717) is 11.3 Å². The topological polar surface area (TPSA) is 48.7 Å². The highest BCUT2D eigenvalue weighted by atomic mass is 16.5. The van der Waals surface area contributed by atoms with Gasteiger partial charge in [-0.25, -0.2) is 4.79 Å². The lowest BCUT2D eigenvalue weighted by Gasteiger charge is -2.50. The van der Waals surface area contributed by atoms with E-state index in [-0.39, 0.29) is 11.5 Å². The van der Waals surface area contributed by atoms with Gasteiger partial charge in [0.1, 0.15) is 23.0 Å². The lowest BCUT2D eigenvalue weighted by Crippen LogP contribution is -2.49. The summed E-state index contributed by atoms with van der Waals surface area (Å²) < 4.78 is 18.7. The van der Waals surface area contributed by atoms with Crippen molar-refractivity contribution < 1.29 is 13.9 Å². The number of hydrogen-bond donors (Lipinski definition) is 0. The minimum absolute atomic E-state index is 0.321. The summed E-state index contributed by atoms with van der Waals surface area (Å²) in [7, 11) is 0. The molecule has 1 aliphatic carbocycles. The lowest BCUT2D eigenvalue weighted by atomic mass is 9.73. The fraction of sp³-hybridized carbons (Fsp3) is 0.458. The zero-order valence-electron chi connectivity index (χ0n) is 16.9. The molecule has 2 aromatic rings. The first-order chi connectivity index (χ1) is 13.3. The van der Waals surface area contributed by atoms with E-state index >= 15 is 0 Å². The minimum atomic E-state index is -0.607. The van der Waals surface area contributed by atoms with Gasteiger partial charge in [-0.1, -0.05) is 12.0 Å². The zero-order valence-corrected chi connectivity index (χ0v) is 16.9. The molecule has 4 rings (SSSR count). The van der Waals surface area contributed by atoms with E-state index in [1.165, 1.54) is 11.6 Å². The van der Waals surface area contributed by atoms with Crippen molar-refractivity contribution in [3.05, 3.63) is 51.9 Å². The highest BCUT2D eigenvalue weighted by Gasteiger charge is 2.50. The molecule has 0 saturated heterocycles. The third-order valence-electron chi connectivity index (χ3n) is 6.34. The van der Waals surface area contributed by atoms with Gasteiger partial charge in [0.25, 0.3) is 0 Å². The summed E-state index contributed by atoms with van der Waals surface area (Å²) in [6.07, 6.45) is 10.7. The molecule has 0 amide bonds. The van der Waals surface area contributed by atoms with Gasteiger partial charge < -0.3 is 13.9 Å². The van der Waals surface area contributed by atoms with Gasteiger partial charge in [-0.15, -0.1) is 6.42 Å². The van der Waals surface area contributed by atoms with Crippen LogP contribution in [-0.2, 0) is 4.74 Å². The third kappa shape index (κ3) is 2.77. The number of ether oxygens (including phenoxy) is 2. The van der Waals surface area contributed by atoms with Crippen LogP contribution in [-0.4, -0.2) is 11.2 Å². The Morgan fingerprint density at radius 1 is 1.29 bits per heavy atom. The van der Waals surface area contributed by atoms with Gasteiger partial charge in [0.05, 0.1) is 17.1 Å². The number of hydrogen-bond acceptors (Lipinski definition) is 4. The van der Waals surface area contributed by atoms with Crippen LogP contribution in [0.3, 0.4) is 0 Å². The molecule has 0 N–H and O–H groups in total. The smallest absolute Gasteiger partial charge is 0.336 e. The molecule has 0 spiro atoms. The molecule has 1 aromatic heterocycles. The quantitative estimate of drug-likeness (QED) is 0.420. The van der Waals surface area contributed by atoms with Crippen molar-refractivity contribution in [2.45, 2.75) is 64.3 Å². The Hall–Kier alpha value is -2.51. The van der Waals surface area contributed by atoms with Gasteiger partial charge in [0.2, 0.25) is 0 Å². The van der Waals surface area contributed by atoms with E-state index in [1.807, 2.05) is 32.9 Å². The fourth-order valence-electron chi connectivity index (χ4n) is 4.40. The monoisotopic (exact) mass is 378 g/mol. The zero-order chi connectivity index (χ0) is 20.1. The Morgan fingerprint density at radius 2 is 2.00 bits per heavy atom. The average Bonchev–Trinajstić information content (AvgIpc) is 2.62. The van der Waals surface area contributed by atoms with E-state index in [9.17, 15) is 4.79 Å². The Bertz CT molecular complexity index is 1050. The normalized spacial score (nSPS) is 25.3. The predicted molar refractivity (Wildman–Crippen MR) is 109 cm³/mol. The second kappa shape index (κ2) is 6.53. The maximum atomic E-state index is 12.0. The van der Waals surface area contributed by atoms with Crippen molar-refractivity contribution in [1.29, 1.82) is 0 Å². The highest BCUT2D eigenvalue weighted by Crippen LogP contribution is 2.53. The molecule has 0 radical (unpaired) electrons. The molecule has 4 heteroatoms. The summed E-state index contributed by atoms with van der Waals surface area (Å²) in [6, 6.07) is 7.00. The summed E-state index contributed by atoms with van der Waals surface area (Å²) in [5.41, 5.74) is 1.12. The van der Waals surface area contributed by atoms with Gasteiger partial charge in [-0.2, -0.15) is 0 Å². The van der Waals surface area contributed by atoms with Crippen molar-refractivity contribution in [2.75, 3.05) is 0 Å². The van der Waals surface area contributed by atoms with Crippen LogP contribution in [0.1, 0.15) is 58.6 Å². The number of allylic oxidation sites excluding steroid dienone is 1. The Balaban J connectivity index is 1.94. The maximum absolute atomic E-state index is 12.0. The summed E-state index contributed by atoms with van der Waals surface area (Å²) in [4.78, 5) is 12.0. The average molecular weight is 378 g/mol. The number of benzene rings is 1. The van der Waals surface area contributed by atoms with Crippen molar-refractivity contribution in [1.82, 2.24) is 0 Å². The predicted octanol–water partition coefficient (Wildman–Crippen LogP) is 5.16. The second-order valence-electron chi connectivity index (χ2n) is 8.36. The summed E-state index contributed by atoms with van der Waals surface area (Å²) >= 11 is 0. The first-order valence-corrected chi connectivity index (χ1v) is 9.84. The molecule has 28 heavy (non-hydrogen) atoms.